The molecule has 0 rings (SSSR count). The lowest BCUT2D eigenvalue weighted by molar-refractivity contribution is 0.0688. The van der Waals surface area contributed by atoms with E-state index in [-0.39, 0.29) is 18.8 Å². The van der Waals surface area contributed by atoms with Gasteiger partial charge in [-0.2, -0.15) is 0 Å². The van der Waals surface area contributed by atoms with Crippen molar-refractivity contribution in [3.8, 4) is 0 Å². The Morgan fingerprint density at radius 2 is 2.20 bits per heavy atom. The monoisotopic (exact) mass is 147 g/mol. The van der Waals surface area contributed by atoms with Gasteiger partial charge in [-0.05, 0) is 12.8 Å². The van der Waals surface area contributed by atoms with E-state index in [1.807, 2.05) is 6.92 Å². The minimum absolute atomic E-state index is 0.0278. The first-order valence-corrected chi connectivity index (χ1v) is 3.65. The molecule has 0 aromatic heterocycles. The van der Waals surface area contributed by atoms with Gasteiger partial charge >= 0.3 is 0 Å². The fraction of sp³-hybridized carbons (Fsp3) is 1.00. The third-order valence-electron chi connectivity index (χ3n) is 1.65. The Balaban J connectivity index is 3.53. The van der Waals surface area contributed by atoms with E-state index in [2.05, 4.69) is 0 Å². The van der Waals surface area contributed by atoms with Gasteiger partial charge < -0.3 is 15.6 Å². The first kappa shape index (κ1) is 9.88. The van der Waals surface area contributed by atoms with Crippen LogP contribution in [0.1, 0.15) is 19.8 Å². The van der Waals surface area contributed by atoms with Crippen molar-refractivity contribution in [1.29, 1.82) is 0 Å². The Bertz CT molecular complexity index is 74.0. The van der Waals surface area contributed by atoms with Crippen LogP contribution in [0.3, 0.4) is 0 Å². The molecular weight excluding hydrogens is 130 g/mol. The minimum atomic E-state index is -0.0278. The van der Waals surface area contributed by atoms with Crippen molar-refractivity contribution in [3.05, 3.63) is 0 Å². The number of rotatable bonds is 5. The van der Waals surface area contributed by atoms with Gasteiger partial charge in [-0.1, -0.05) is 6.92 Å². The topological polar surface area (TPSA) is 55.5 Å². The largest absolute Gasteiger partial charge is 0.396 e. The van der Waals surface area contributed by atoms with Gasteiger partial charge in [0.25, 0.3) is 0 Å². The van der Waals surface area contributed by atoms with Crippen LogP contribution in [0, 0.1) is 0 Å². The number of hydrogen-bond acceptors (Lipinski definition) is 3. The number of nitrogens with two attached hydrogens (primary N) is 1. The average Bonchev–Trinajstić information content (AvgIpc) is 1.91. The number of aliphatic hydroxyl groups excluding tert-OH is 1. The molecule has 2 atom stereocenters. The van der Waals surface area contributed by atoms with Gasteiger partial charge in [0.2, 0.25) is 0 Å². The summed E-state index contributed by atoms with van der Waals surface area (Å²) in [5.74, 6) is 0. The molecule has 0 heterocycles. The summed E-state index contributed by atoms with van der Waals surface area (Å²) in [5, 5.41) is 8.54. The summed E-state index contributed by atoms with van der Waals surface area (Å²) in [4.78, 5) is 0. The van der Waals surface area contributed by atoms with Crippen molar-refractivity contribution in [2.45, 2.75) is 31.9 Å². The van der Waals surface area contributed by atoms with E-state index in [1.165, 1.54) is 0 Å². The predicted molar refractivity (Wildman–Crippen MR) is 40.8 cm³/mol. The smallest absolute Gasteiger partial charge is 0.0720 e. The first-order valence-electron chi connectivity index (χ1n) is 3.65. The van der Waals surface area contributed by atoms with Crippen LogP contribution in [0.2, 0.25) is 0 Å². The predicted octanol–water partition coefficient (Wildman–Crippen LogP) is 0.121. The summed E-state index contributed by atoms with van der Waals surface area (Å²) >= 11 is 0. The molecule has 62 valence electrons. The van der Waals surface area contributed by atoms with Gasteiger partial charge in [-0.15, -0.1) is 0 Å². The average molecular weight is 147 g/mol. The van der Waals surface area contributed by atoms with Crippen molar-refractivity contribution >= 4 is 0 Å². The zero-order valence-corrected chi connectivity index (χ0v) is 6.71. The molecule has 0 amide bonds. The second-order valence-corrected chi connectivity index (χ2v) is 2.36. The molecule has 0 aliphatic rings. The highest BCUT2D eigenvalue weighted by atomic mass is 16.5. The summed E-state index contributed by atoms with van der Waals surface area (Å²) < 4.78 is 5.08. The lowest BCUT2D eigenvalue weighted by Crippen LogP contribution is -2.36. The van der Waals surface area contributed by atoms with Crippen molar-refractivity contribution < 1.29 is 9.84 Å². The molecule has 0 aromatic rings. The molecule has 0 aromatic carbocycles. The number of methoxy groups -OCH3 is 1. The van der Waals surface area contributed by atoms with Crippen LogP contribution in [0.15, 0.2) is 0 Å². The molecule has 10 heavy (non-hydrogen) atoms. The van der Waals surface area contributed by atoms with Crippen LogP contribution in [-0.2, 0) is 4.74 Å². The molecule has 0 saturated carbocycles. The lowest BCUT2D eigenvalue weighted by Gasteiger charge is -2.19. The summed E-state index contributed by atoms with van der Waals surface area (Å²) in [6.07, 6.45) is 1.61. The Hall–Kier alpha value is -0.120. The first-order chi connectivity index (χ1) is 4.76. The van der Waals surface area contributed by atoms with Crippen molar-refractivity contribution in [3.63, 3.8) is 0 Å². The van der Waals surface area contributed by atoms with E-state index in [0.29, 0.717) is 6.42 Å². The second kappa shape index (κ2) is 5.65. The molecule has 3 N–H and O–H groups in total. The minimum Gasteiger partial charge on any atom is -0.396 e. The molecule has 3 nitrogen and oxygen atoms in total. The van der Waals surface area contributed by atoms with Gasteiger partial charge in [0.15, 0.2) is 0 Å². The molecule has 0 bridgehead atoms. The molecule has 3 heteroatoms. The van der Waals surface area contributed by atoms with Crippen molar-refractivity contribution in [1.82, 2.24) is 0 Å². The molecule has 0 aliphatic heterocycles. The highest BCUT2D eigenvalue weighted by Gasteiger charge is 2.13. The van der Waals surface area contributed by atoms with Gasteiger partial charge in [0.1, 0.15) is 0 Å². The molecule has 0 spiro atoms. The Kier molecular flexibility index (Phi) is 5.58. The van der Waals surface area contributed by atoms with E-state index in [0.717, 1.165) is 6.42 Å². The molecule has 0 fully saturated rings. The van der Waals surface area contributed by atoms with E-state index < -0.39 is 0 Å². The Labute approximate surface area is 62.2 Å². The SMILES string of the molecule is CCC(OC)C(N)CCO. The fourth-order valence-electron chi connectivity index (χ4n) is 0.979. The third-order valence-corrected chi connectivity index (χ3v) is 1.65. The van der Waals surface area contributed by atoms with E-state index >= 15 is 0 Å². The van der Waals surface area contributed by atoms with Crippen LogP contribution >= 0.6 is 0 Å². The van der Waals surface area contributed by atoms with Gasteiger partial charge in [-0.3, -0.25) is 0 Å². The maximum absolute atomic E-state index is 8.54. The zero-order valence-electron chi connectivity index (χ0n) is 6.71. The number of hydrogen-bond donors (Lipinski definition) is 2. The molecule has 0 saturated heterocycles. The Morgan fingerprint density at radius 3 is 2.50 bits per heavy atom. The number of aliphatic hydroxyl groups is 1. The lowest BCUT2D eigenvalue weighted by atomic mass is 10.1. The molecule has 0 radical (unpaired) electrons. The highest BCUT2D eigenvalue weighted by Crippen LogP contribution is 2.03. The molecular formula is C7H17NO2. The summed E-state index contributed by atoms with van der Waals surface area (Å²) in [5.41, 5.74) is 5.66. The van der Waals surface area contributed by atoms with Gasteiger partial charge in [0, 0.05) is 19.8 Å². The maximum atomic E-state index is 8.54. The van der Waals surface area contributed by atoms with Gasteiger partial charge in [0.05, 0.1) is 6.10 Å². The maximum Gasteiger partial charge on any atom is 0.0720 e. The molecule has 0 aliphatic carbocycles. The van der Waals surface area contributed by atoms with Crippen molar-refractivity contribution in [2.24, 2.45) is 5.73 Å². The van der Waals surface area contributed by atoms with Crippen LogP contribution < -0.4 is 5.73 Å². The highest BCUT2D eigenvalue weighted by molar-refractivity contribution is 4.70. The van der Waals surface area contributed by atoms with Crippen molar-refractivity contribution in [2.75, 3.05) is 13.7 Å². The summed E-state index contributed by atoms with van der Waals surface area (Å²) in [6.45, 7) is 2.16. The van der Waals surface area contributed by atoms with E-state index in [4.69, 9.17) is 15.6 Å². The molecule has 2 unspecified atom stereocenters. The van der Waals surface area contributed by atoms with E-state index in [1.54, 1.807) is 7.11 Å². The number of ether oxygens (including phenoxy) is 1. The van der Waals surface area contributed by atoms with Crippen LogP contribution in [0.4, 0.5) is 0 Å². The Morgan fingerprint density at radius 1 is 1.60 bits per heavy atom. The van der Waals surface area contributed by atoms with Crippen LogP contribution in [0.5, 0.6) is 0 Å². The fourth-order valence-corrected chi connectivity index (χ4v) is 0.979. The van der Waals surface area contributed by atoms with Gasteiger partial charge in [-0.25, -0.2) is 0 Å². The zero-order chi connectivity index (χ0) is 7.98. The third kappa shape index (κ3) is 3.15. The van der Waals surface area contributed by atoms with Crippen LogP contribution in [-0.4, -0.2) is 31.0 Å². The summed E-state index contributed by atoms with van der Waals surface area (Å²) in [7, 11) is 1.64. The van der Waals surface area contributed by atoms with Crippen LogP contribution in [0.25, 0.3) is 0 Å². The quantitative estimate of drug-likeness (QED) is 0.580. The standard InChI is InChI=1S/C7H17NO2/c1-3-7(10-2)6(8)4-5-9/h6-7,9H,3-5,8H2,1-2H3. The van der Waals surface area contributed by atoms with E-state index in [9.17, 15) is 0 Å². The summed E-state index contributed by atoms with van der Waals surface area (Å²) in [6, 6.07) is -0.0278. The normalized spacial score (nSPS) is 16.8. The second-order valence-electron chi connectivity index (χ2n) is 2.36.